The maximum Gasteiger partial charge on any atom is 0.410 e. The summed E-state index contributed by atoms with van der Waals surface area (Å²) in [6.45, 7) is 1.07. The molecule has 0 unspecified atom stereocenters. The molecular formula is C28H33N3O5. The Hall–Kier alpha value is -3.68. The Morgan fingerprint density at radius 1 is 0.944 bits per heavy atom. The van der Waals surface area contributed by atoms with Gasteiger partial charge < -0.3 is 19.3 Å². The summed E-state index contributed by atoms with van der Waals surface area (Å²) in [6.07, 6.45) is 3.20. The Labute approximate surface area is 211 Å². The van der Waals surface area contributed by atoms with Crippen molar-refractivity contribution >= 4 is 24.2 Å². The molecule has 2 aromatic rings. The van der Waals surface area contributed by atoms with Crippen molar-refractivity contribution in [2.75, 3.05) is 20.1 Å². The molecule has 2 aromatic carbocycles. The number of rotatable bonds is 8. The highest BCUT2D eigenvalue weighted by molar-refractivity contribution is 5.93. The van der Waals surface area contributed by atoms with E-state index in [2.05, 4.69) is 0 Å². The smallest absolute Gasteiger partial charge is 0.410 e. The van der Waals surface area contributed by atoms with Gasteiger partial charge in [0.2, 0.25) is 11.8 Å². The first-order valence-corrected chi connectivity index (χ1v) is 12.5. The van der Waals surface area contributed by atoms with Gasteiger partial charge in [-0.15, -0.1) is 0 Å². The van der Waals surface area contributed by atoms with Crippen LogP contribution in [0, 0.1) is 0 Å². The van der Waals surface area contributed by atoms with Crippen LogP contribution < -0.4 is 0 Å². The van der Waals surface area contributed by atoms with E-state index >= 15 is 0 Å². The average Bonchev–Trinajstić information content (AvgIpc) is 3.60. The van der Waals surface area contributed by atoms with Crippen LogP contribution in [0.25, 0.3) is 0 Å². The molecule has 190 valence electrons. The van der Waals surface area contributed by atoms with Gasteiger partial charge in [-0.1, -0.05) is 60.7 Å². The van der Waals surface area contributed by atoms with Crippen LogP contribution in [-0.4, -0.2) is 77.2 Å². The third kappa shape index (κ3) is 5.75. The summed E-state index contributed by atoms with van der Waals surface area (Å²) in [5.74, 6) is -0.459. The van der Waals surface area contributed by atoms with Gasteiger partial charge in [0.15, 0.2) is 0 Å². The fraction of sp³-hybridized carbons (Fsp3) is 0.429. The van der Waals surface area contributed by atoms with Crippen LogP contribution in [0.4, 0.5) is 4.79 Å². The molecule has 0 saturated carbocycles. The van der Waals surface area contributed by atoms with Gasteiger partial charge in [0, 0.05) is 26.6 Å². The first kappa shape index (κ1) is 25.4. The van der Waals surface area contributed by atoms with Gasteiger partial charge in [0.25, 0.3) is 0 Å². The number of hydrogen-bond donors (Lipinski definition) is 0. The summed E-state index contributed by atoms with van der Waals surface area (Å²) in [6, 6.07) is 17.0. The number of carbonyl (C=O) groups is 4. The summed E-state index contributed by atoms with van der Waals surface area (Å²) in [5.41, 5.74) is 1.76. The predicted molar refractivity (Wildman–Crippen MR) is 134 cm³/mol. The zero-order valence-electron chi connectivity index (χ0n) is 20.6. The molecule has 2 saturated heterocycles. The third-order valence-electron chi connectivity index (χ3n) is 7.08. The zero-order valence-corrected chi connectivity index (χ0v) is 20.6. The highest BCUT2D eigenvalue weighted by atomic mass is 16.6. The summed E-state index contributed by atoms with van der Waals surface area (Å²) < 4.78 is 5.51. The molecule has 0 bridgehead atoms. The van der Waals surface area contributed by atoms with Crippen molar-refractivity contribution < 1.29 is 23.9 Å². The summed E-state index contributed by atoms with van der Waals surface area (Å²) in [5, 5.41) is 0. The Balaban J connectivity index is 1.52. The molecule has 0 N–H and O–H groups in total. The number of amides is 3. The highest BCUT2D eigenvalue weighted by Gasteiger charge is 2.43. The largest absolute Gasteiger partial charge is 0.445 e. The molecule has 3 atom stereocenters. The minimum absolute atomic E-state index is 0.100. The number of nitrogens with zero attached hydrogens (tertiary/aromatic N) is 3. The van der Waals surface area contributed by atoms with E-state index in [0.717, 1.165) is 23.8 Å². The van der Waals surface area contributed by atoms with Crippen molar-refractivity contribution in [1.82, 2.24) is 14.7 Å². The quantitative estimate of drug-likeness (QED) is 0.530. The normalized spacial score (nSPS) is 20.1. The van der Waals surface area contributed by atoms with Gasteiger partial charge in [-0.05, 0) is 36.8 Å². The number of carbonyl (C=O) groups excluding carboxylic acids is 4. The third-order valence-corrected chi connectivity index (χ3v) is 7.08. The lowest BCUT2D eigenvalue weighted by atomic mass is 10.0. The molecule has 3 amide bonds. The highest BCUT2D eigenvalue weighted by Crippen LogP contribution is 2.26. The molecule has 8 nitrogen and oxygen atoms in total. The van der Waals surface area contributed by atoms with Crippen molar-refractivity contribution in [2.24, 2.45) is 0 Å². The molecule has 0 spiro atoms. The van der Waals surface area contributed by atoms with Gasteiger partial charge in [0.05, 0.1) is 6.04 Å². The first-order valence-electron chi connectivity index (χ1n) is 12.5. The van der Waals surface area contributed by atoms with Crippen molar-refractivity contribution in [2.45, 2.75) is 56.8 Å². The van der Waals surface area contributed by atoms with Crippen LogP contribution in [0.3, 0.4) is 0 Å². The van der Waals surface area contributed by atoms with Gasteiger partial charge in [-0.25, -0.2) is 4.79 Å². The van der Waals surface area contributed by atoms with E-state index in [1.807, 2.05) is 60.7 Å². The maximum atomic E-state index is 13.9. The minimum Gasteiger partial charge on any atom is -0.445 e. The second-order valence-corrected chi connectivity index (χ2v) is 9.42. The van der Waals surface area contributed by atoms with Gasteiger partial charge in [0.1, 0.15) is 25.0 Å². The fourth-order valence-corrected chi connectivity index (χ4v) is 5.05. The molecule has 36 heavy (non-hydrogen) atoms. The summed E-state index contributed by atoms with van der Waals surface area (Å²) in [4.78, 5) is 56.2. The molecule has 2 heterocycles. The topological polar surface area (TPSA) is 87.2 Å². The molecule has 0 aliphatic carbocycles. The lowest BCUT2D eigenvalue weighted by Crippen LogP contribution is -2.55. The number of aldehydes is 1. The number of ether oxygens (including phenoxy) is 1. The van der Waals surface area contributed by atoms with Gasteiger partial charge in [-0.3, -0.25) is 14.5 Å². The molecule has 4 rings (SSSR count). The lowest BCUT2D eigenvalue weighted by Gasteiger charge is -2.34. The van der Waals surface area contributed by atoms with E-state index in [1.165, 1.54) is 4.90 Å². The number of likely N-dealkylation sites (tertiary alicyclic amines) is 2. The average molecular weight is 492 g/mol. The minimum atomic E-state index is -0.829. The second kappa shape index (κ2) is 11.8. The molecule has 2 aliphatic rings. The van der Waals surface area contributed by atoms with Gasteiger partial charge >= 0.3 is 6.09 Å². The Morgan fingerprint density at radius 3 is 2.22 bits per heavy atom. The Kier molecular flexibility index (Phi) is 8.36. The standard InChI is InChI=1S/C28H33N3O5/c1-29(28(35)36-20-22-12-6-3-7-13-22)25(18-21-10-4-2-5-11-21)27(34)31-17-9-15-24(31)26(33)30-16-8-14-23(30)19-32/h2-7,10-13,19,23-25H,8-9,14-18,20H2,1H3/t23-,24-,25+/m0/s1. The molecule has 2 aliphatic heterocycles. The maximum absolute atomic E-state index is 13.9. The molecule has 8 heteroatoms. The monoisotopic (exact) mass is 491 g/mol. The lowest BCUT2D eigenvalue weighted by molar-refractivity contribution is -0.147. The first-order chi connectivity index (χ1) is 17.5. The van der Waals surface area contributed by atoms with Crippen molar-refractivity contribution in [3.63, 3.8) is 0 Å². The van der Waals surface area contributed by atoms with E-state index in [4.69, 9.17) is 4.74 Å². The van der Waals surface area contributed by atoms with Crippen LogP contribution in [0.15, 0.2) is 60.7 Å². The van der Waals surface area contributed by atoms with Crippen LogP contribution in [-0.2, 0) is 32.1 Å². The Bertz CT molecular complexity index is 1060. The van der Waals surface area contributed by atoms with Crippen molar-refractivity contribution in [1.29, 1.82) is 0 Å². The van der Waals surface area contributed by atoms with E-state index < -0.39 is 24.2 Å². The SMILES string of the molecule is CN(C(=O)OCc1ccccc1)[C@H](Cc1ccccc1)C(=O)N1CCC[C@H]1C(=O)N1CCC[C@H]1C=O. The summed E-state index contributed by atoms with van der Waals surface area (Å²) in [7, 11) is 1.56. The number of benzene rings is 2. The van der Waals surface area contributed by atoms with E-state index in [-0.39, 0.29) is 18.4 Å². The van der Waals surface area contributed by atoms with Gasteiger partial charge in [-0.2, -0.15) is 0 Å². The van der Waals surface area contributed by atoms with Crippen LogP contribution in [0.2, 0.25) is 0 Å². The second-order valence-electron chi connectivity index (χ2n) is 9.42. The van der Waals surface area contributed by atoms with Crippen molar-refractivity contribution in [3.05, 3.63) is 71.8 Å². The fourth-order valence-electron chi connectivity index (χ4n) is 5.05. The van der Waals surface area contributed by atoms with Crippen LogP contribution >= 0.6 is 0 Å². The van der Waals surface area contributed by atoms with E-state index in [1.54, 1.807) is 16.8 Å². The summed E-state index contributed by atoms with van der Waals surface area (Å²) >= 11 is 0. The molecule has 0 aromatic heterocycles. The van der Waals surface area contributed by atoms with Crippen LogP contribution in [0.5, 0.6) is 0 Å². The zero-order chi connectivity index (χ0) is 25.5. The number of likely N-dealkylation sites (N-methyl/N-ethyl adjacent to an activating group) is 1. The van der Waals surface area contributed by atoms with E-state index in [0.29, 0.717) is 38.8 Å². The molecule has 0 radical (unpaired) electrons. The van der Waals surface area contributed by atoms with E-state index in [9.17, 15) is 19.2 Å². The molecular weight excluding hydrogens is 458 g/mol. The Morgan fingerprint density at radius 2 is 1.56 bits per heavy atom. The van der Waals surface area contributed by atoms with Crippen molar-refractivity contribution in [3.8, 4) is 0 Å². The molecule has 2 fully saturated rings. The number of hydrogen-bond acceptors (Lipinski definition) is 5. The predicted octanol–water partition coefficient (Wildman–Crippen LogP) is 3.05. The van der Waals surface area contributed by atoms with Crippen LogP contribution in [0.1, 0.15) is 36.8 Å².